The van der Waals surface area contributed by atoms with E-state index >= 15 is 0 Å². The number of alkyl halides is 2. The number of ether oxygens (including phenoxy) is 1. The number of urea groups is 1. The van der Waals surface area contributed by atoms with E-state index in [-0.39, 0.29) is 38.3 Å². The van der Waals surface area contributed by atoms with Crippen LogP contribution in [-0.2, 0) is 9.53 Å². The van der Waals surface area contributed by atoms with Crippen molar-refractivity contribution >= 4 is 12.0 Å². The minimum atomic E-state index is -2.62. The minimum absolute atomic E-state index is 0.217. The fourth-order valence-electron chi connectivity index (χ4n) is 1.93. The Bertz CT molecular complexity index is 327. The highest BCUT2D eigenvalue weighted by molar-refractivity contribution is 5.83. The molecule has 2 N–H and O–H groups in total. The van der Waals surface area contributed by atoms with Crippen molar-refractivity contribution < 1.29 is 23.1 Å². The molecule has 0 heterocycles. The third-order valence-electron chi connectivity index (χ3n) is 3.04. The number of carbonyl (C=O) groups is 2. The van der Waals surface area contributed by atoms with Gasteiger partial charge in [-0.25, -0.2) is 18.4 Å². The van der Waals surface area contributed by atoms with Crippen molar-refractivity contribution in [3.63, 3.8) is 0 Å². The van der Waals surface area contributed by atoms with E-state index in [9.17, 15) is 18.4 Å². The number of hydrogen-bond donors (Lipinski definition) is 2. The summed E-state index contributed by atoms with van der Waals surface area (Å²) >= 11 is 0. The van der Waals surface area contributed by atoms with Crippen molar-refractivity contribution in [1.29, 1.82) is 0 Å². The predicted octanol–water partition coefficient (Wildman–Crippen LogP) is 1.82. The zero-order valence-corrected chi connectivity index (χ0v) is 11.2. The van der Waals surface area contributed by atoms with Crippen LogP contribution >= 0.6 is 0 Å². The van der Waals surface area contributed by atoms with Gasteiger partial charge in [0.1, 0.15) is 6.04 Å². The third kappa shape index (κ3) is 5.40. The normalized spacial score (nSPS) is 20.4. The molecule has 7 heteroatoms. The SMILES string of the molecule is CCOC(=O)[C@H](C)NC(=O)NC1CCC(F)(F)CC1. The van der Waals surface area contributed by atoms with Gasteiger partial charge in [-0.15, -0.1) is 0 Å². The van der Waals surface area contributed by atoms with Crippen LogP contribution in [0, 0.1) is 0 Å². The van der Waals surface area contributed by atoms with E-state index in [0.717, 1.165) is 0 Å². The summed E-state index contributed by atoms with van der Waals surface area (Å²) in [7, 11) is 0. The van der Waals surface area contributed by atoms with Crippen LogP contribution in [0.4, 0.5) is 13.6 Å². The van der Waals surface area contributed by atoms with Crippen LogP contribution in [-0.4, -0.2) is 36.6 Å². The van der Waals surface area contributed by atoms with Gasteiger partial charge in [-0.1, -0.05) is 0 Å². The van der Waals surface area contributed by atoms with E-state index < -0.39 is 24.0 Å². The summed E-state index contributed by atoms with van der Waals surface area (Å²) in [4.78, 5) is 22.9. The molecule has 0 bridgehead atoms. The lowest BCUT2D eigenvalue weighted by Crippen LogP contribution is -2.49. The quantitative estimate of drug-likeness (QED) is 0.771. The molecule has 110 valence electrons. The van der Waals surface area contributed by atoms with Crippen molar-refractivity contribution in [3.8, 4) is 0 Å². The van der Waals surface area contributed by atoms with Gasteiger partial charge < -0.3 is 15.4 Å². The van der Waals surface area contributed by atoms with Crippen LogP contribution in [0.15, 0.2) is 0 Å². The van der Waals surface area contributed by atoms with Crippen molar-refractivity contribution in [2.45, 2.75) is 57.5 Å². The second-order valence-corrected chi connectivity index (χ2v) is 4.72. The summed E-state index contributed by atoms with van der Waals surface area (Å²) < 4.78 is 30.6. The second kappa shape index (κ2) is 6.68. The fourth-order valence-corrected chi connectivity index (χ4v) is 1.93. The highest BCUT2D eigenvalue weighted by Crippen LogP contribution is 2.32. The fraction of sp³-hybridized carbons (Fsp3) is 0.833. The predicted molar refractivity (Wildman–Crippen MR) is 65.0 cm³/mol. The van der Waals surface area contributed by atoms with Crippen LogP contribution in [0.1, 0.15) is 39.5 Å². The van der Waals surface area contributed by atoms with Gasteiger partial charge in [-0.05, 0) is 26.7 Å². The molecule has 2 amide bonds. The molecule has 0 saturated heterocycles. The lowest BCUT2D eigenvalue weighted by molar-refractivity contribution is -0.144. The molecule has 1 saturated carbocycles. The molecule has 0 unspecified atom stereocenters. The van der Waals surface area contributed by atoms with Crippen molar-refractivity contribution in [1.82, 2.24) is 10.6 Å². The molecule has 0 aromatic rings. The van der Waals surface area contributed by atoms with E-state index in [0.29, 0.717) is 0 Å². The monoisotopic (exact) mass is 278 g/mol. The maximum Gasteiger partial charge on any atom is 0.328 e. The summed E-state index contributed by atoms with van der Waals surface area (Å²) in [6, 6.07) is -1.56. The standard InChI is InChI=1S/C12H20F2N2O3/c1-3-19-10(17)8(2)15-11(18)16-9-4-6-12(13,14)7-5-9/h8-9H,3-7H2,1-2H3,(H2,15,16,18)/t8-/m0/s1. The Morgan fingerprint density at radius 2 is 1.95 bits per heavy atom. The molecule has 0 spiro atoms. The van der Waals surface area contributed by atoms with Crippen LogP contribution in [0.5, 0.6) is 0 Å². The zero-order valence-electron chi connectivity index (χ0n) is 11.2. The van der Waals surface area contributed by atoms with Crippen LogP contribution in [0.25, 0.3) is 0 Å². The number of esters is 1. The first-order valence-electron chi connectivity index (χ1n) is 6.45. The average molecular weight is 278 g/mol. The number of carbonyl (C=O) groups excluding carboxylic acids is 2. The Morgan fingerprint density at radius 3 is 2.47 bits per heavy atom. The Hall–Kier alpha value is -1.40. The van der Waals surface area contributed by atoms with Gasteiger partial charge in [0.05, 0.1) is 6.61 Å². The van der Waals surface area contributed by atoms with E-state index in [1.165, 1.54) is 6.92 Å². The molecular formula is C12H20F2N2O3. The number of halogens is 2. The molecule has 0 aromatic carbocycles. The maximum absolute atomic E-state index is 12.9. The number of hydrogen-bond acceptors (Lipinski definition) is 3. The number of nitrogens with one attached hydrogen (secondary N) is 2. The minimum Gasteiger partial charge on any atom is -0.464 e. The second-order valence-electron chi connectivity index (χ2n) is 4.72. The molecule has 0 aromatic heterocycles. The summed E-state index contributed by atoms with van der Waals surface area (Å²) in [5, 5.41) is 5.01. The Labute approximate surface area is 111 Å². The smallest absolute Gasteiger partial charge is 0.328 e. The van der Waals surface area contributed by atoms with Crippen molar-refractivity contribution in [2.75, 3.05) is 6.61 Å². The van der Waals surface area contributed by atoms with Gasteiger partial charge >= 0.3 is 12.0 Å². The maximum atomic E-state index is 12.9. The molecule has 1 aliphatic carbocycles. The van der Waals surface area contributed by atoms with E-state index in [4.69, 9.17) is 4.74 Å². The van der Waals surface area contributed by atoms with E-state index in [1.807, 2.05) is 0 Å². The van der Waals surface area contributed by atoms with Crippen LogP contribution in [0.2, 0.25) is 0 Å². The highest BCUT2D eigenvalue weighted by Gasteiger charge is 2.35. The van der Waals surface area contributed by atoms with Gasteiger partial charge in [0, 0.05) is 18.9 Å². The molecule has 1 atom stereocenters. The molecule has 5 nitrogen and oxygen atoms in total. The van der Waals surface area contributed by atoms with E-state index in [2.05, 4.69) is 10.6 Å². The first-order chi connectivity index (χ1) is 8.84. The van der Waals surface area contributed by atoms with E-state index in [1.54, 1.807) is 6.92 Å². The first kappa shape index (κ1) is 15.7. The topological polar surface area (TPSA) is 67.4 Å². The summed E-state index contributed by atoms with van der Waals surface area (Å²) in [6.07, 6.45) is 0.0547. The molecule has 1 fully saturated rings. The van der Waals surface area contributed by atoms with Gasteiger partial charge in [0.15, 0.2) is 0 Å². The molecule has 1 rings (SSSR count). The molecule has 19 heavy (non-hydrogen) atoms. The zero-order chi connectivity index (χ0) is 14.5. The number of amides is 2. The third-order valence-corrected chi connectivity index (χ3v) is 3.04. The lowest BCUT2D eigenvalue weighted by atomic mass is 9.92. The number of rotatable bonds is 4. The van der Waals surface area contributed by atoms with Crippen LogP contribution in [0.3, 0.4) is 0 Å². The van der Waals surface area contributed by atoms with Gasteiger partial charge in [0.25, 0.3) is 0 Å². The largest absolute Gasteiger partial charge is 0.464 e. The lowest BCUT2D eigenvalue weighted by Gasteiger charge is -2.29. The van der Waals surface area contributed by atoms with Crippen molar-refractivity contribution in [2.24, 2.45) is 0 Å². The molecular weight excluding hydrogens is 258 g/mol. The molecule has 1 aliphatic rings. The van der Waals surface area contributed by atoms with Gasteiger partial charge in [-0.3, -0.25) is 0 Å². The Morgan fingerprint density at radius 1 is 1.37 bits per heavy atom. The van der Waals surface area contributed by atoms with Crippen LogP contribution < -0.4 is 10.6 Å². The first-order valence-corrected chi connectivity index (χ1v) is 6.45. The summed E-state index contributed by atoms with van der Waals surface area (Å²) in [5.74, 6) is -3.14. The van der Waals surface area contributed by atoms with Gasteiger partial charge in [-0.2, -0.15) is 0 Å². The van der Waals surface area contributed by atoms with Crippen molar-refractivity contribution in [3.05, 3.63) is 0 Å². The molecule has 0 radical (unpaired) electrons. The Kier molecular flexibility index (Phi) is 5.50. The Balaban J connectivity index is 2.30. The summed E-state index contributed by atoms with van der Waals surface area (Å²) in [5.41, 5.74) is 0. The highest BCUT2D eigenvalue weighted by atomic mass is 19.3. The average Bonchev–Trinajstić information content (AvgIpc) is 2.32. The molecule has 0 aliphatic heterocycles. The summed E-state index contributed by atoms with van der Waals surface area (Å²) in [6.45, 7) is 3.42. The van der Waals surface area contributed by atoms with Gasteiger partial charge in [0.2, 0.25) is 5.92 Å².